The third kappa shape index (κ3) is 6.11. The van der Waals surface area contributed by atoms with Gasteiger partial charge in [0, 0.05) is 23.4 Å². The van der Waals surface area contributed by atoms with Gasteiger partial charge in [-0.2, -0.15) is 0 Å². The molecule has 0 atom stereocenters. The number of hydrogen-bond acceptors (Lipinski definition) is 6. The molecular weight excluding hydrogens is 514 g/mol. The predicted molar refractivity (Wildman–Crippen MR) is 148 cm³/mol. The Morgan fingerprint density at radius 3 is 2.35 bits per heavy atom. The Bertz CT molecular complexity index is 1470. The van der Waals surface area contributed by atoms with Crippen LogP contribution in [0.25, 0.3) is 11.0 Å². The summed E-state index contributed by atoms with van der Waals surface area (Å²) in [5, 5.41) is 16.6. The Morgan fingerprint density at radius 1 is 1.08 bits per heavy atom. The number of fused-ring (bicyclic) bond motifs is 1. The number of anilines is 1. The van der Waals surface area contributed by atoms with E-state index in [-0.39, 0.29) is 31.2 Å². The molecule has 0 saturated carbocycles. The maximum Gasteiger partial charge on any atom is 0.419 e. The molecule has 190 valence electrons. The van der Waals surface area contributed by atoms with Gasteiger partial charge >= 0.3 is 12.1 Å². The SMILES string of the molecule is Cc1c(OC(=O)N(CCC(=O)O)c2ccccc2)ccc2[nH]c(C(=S)c3ccc(C(=N)N)cc3)nc12.Cl. The van der Waals surface area contributed by atoms with Crippen molar-refractivity contribution < 1.29 is 19.4 Å². The summed E-state index contributed by atoms with van der Waals surface area (Å²) in [6, 6.07) is 19.1. The van der Waals surface area contributed by atoms with Gasteiger partial charge in [-0.15, -0.1) is 12.4 Å². The van der Waals surface area contributed by atoms with Crippen molar-refractivity contribution in [1.82, 2.24) is 9.97 Å². The lowest BCUT2D eigenvalue weighted by Crippen LogP contribution is -2.35. The Hall–Kier alpha value is -4.28. The third-order valence-corrected chi connectivity index (χ3v) is 5.99. The number of aromatic amines is 1. The van der Waals surface area contributed by atoms with Crippen molar-refractivity contribution in [2.75, 3.05) is 11.4 Å². The van der Waals surface area contributed by atoms with Crippen LogP contribution in [0.3, 0.4) is 0 Å². The second-order valence-corrected chi connectivity index (χ2v) is 8.40. The van der Waals surface area contributed by atoms with Crippen LogP contribution >= 0.6 is 24.6 Å². The number of carbonyl (C=O) groups is 2. The lowest BCUT2D eigenvalue weighted by molar-refractivity contribution is -0.136. The number of aliphatic carboxylic acids is 1. The molecule has 9 nitrogen and oxygen atoms in total. The van der Waals surface area contributed by atoms with Gasteiger partial charge in [0.05, 0.1) is 22.3 Å². The van der Waals surface area contributed by atoms with Crippen molar-refractivity contribution in [2.24, 2.45) is 5.73 Å². The highest BCUT2D eigenvalue weighted by Crippen LogP contribution is 2.28. The molecule has 0 fully saturated rings. The lowest BCUT2D eigenvalue weighted by atomic mass is 10.1. The number of rotatable bonds is 8. The van der Waals surface area contributed by atoms with Gasteiger partial charge in [-0.25, -0.2) is 9.78 Å². The molecule has 3 aromatic carbocycles. The van der Waals surface area contributed by atoms with Gasteiger partial charge in [-0.3, -0.25) is 15.1 Å². The number of aryl methyl sites for hydroxylation is 1. The van der Waals surface area contributed by atoms with Crippen LogP contribution in [0.4, 0.5) is 10.5 Å². The minimum absolute atomic E-state index is 0. The molecule has 0 saturated heterocycles. The van der Waals surface area contributed by atoms with E-state index >= 15 is 0 Å². The van der Waals surface area contributed by atoms with E-state index in [0.717, 1.165) is 11.1 Å². The highest BCUT2D eigenvalue weighted by atomic mass is 35.5. The van der Waals surface area contributed by atoms with Gasteiger partial charge in [0.25, 0.3) is 0 Å². The first-order valence-electron chi connectivity index (χ1n) is 11.0. The number of amidine groups is 1. The number of nitrogens with two attached hydrogens (primary N) is 1. The van der Waals surface area contributed by atoms with Crippen LogP contribution in [0.1, 0.15) is 28.9 Å². The number of benzene rings is 3. The average molecular weight is 538 g/mol. The molecule has 0 aliphatic carbocycles. The van der Waals surface area contributed by atoms with E-state index in [2.05, 4.69) is 9.97 Å². The minimum Gasteiger partial charge on any atom is -0.481 e. The quantitative estimate of drug-likeness (QED) is 0.109. The number of para-hydroxylation sites is 1. The number of amides is 1. The summed E-state index contributed by atoms with van der Waals surface area (Å²) >= 11 is 5.60. The molecular formula is C26H24ClN5O4S. The van der Waals surface area contributed by atoms with Gasteiger partial charge < -0.3 is 20.6 Å². The van der Waals surface area contributed by atoms with Crippen LogP contribution in [-0.2, 0) is 4.79 Å². The number of carboxylic acid groups (broad SMARTS) is 1. The number of ether oxygens (including phenoxy) is 1. The zero-order valence-corrected chi connectivity index (χ0v) is 21.4. The molecule has 1 aromatic heterocycles. The number of carbonyl (C=O) groups excluding carboxylic acids is 1. The molecule has 0 aliphatic rings. The summed E-state index contributed by atoms with van der Waals surface area (Å²) in [5.41, 5.74) is 9.33. The number of hydrogen-bond donors (Lipinski definition) is 4. The fourth-order valence-electron chi connectivity index (χ4n) is 3.64. The normalized spacial score (nSPS) is 10.4. The molecule has 0 spiro atoms. The summed E-state index contributed by atoms with van der Waals surface area (Å²) in [4.78, 5) is 33.7. The zero-order chi connectivity index (χ0) is 25.8. The summed E-state index contributed by atoms with van der Waals surface area (Å²) < 4.78 is 5.67. The zero-order valence-electron chi connectivity index (χ0n) is 19.7. The number of aromatic nitrogens is 2. The van der Waals surface area contributed by atoms with Crippen LogP contribution in [0.15, 0.2) is 66.7 Å². The van der Waals surface area contributed by atoms with Crippen molar-refractivity contribution >= 4 is 64.1 Å². The van der Waals surface area contributed by atoms with E-state index in [9.17, 15) is 9.59 Å². The van der Waals surface area contributed by atoms with Crippen molar-refractivity contribution in [3.63, 3.8) is 0 Å². The molecule has 0 bridgehead atoms. The van der Waals surface area contributed by atoms with Crippen LogP contribution in [0.5, 0.6) is 5.75 Å². The number of carboxylic acids is 1. The second-order valence-electron chi connectivity index (χ2n) is 7.99. The van der Waals surface area contributed by atoms with Crippen LogP contribution in [-0.4, -0.2) is 44.4 Å². The topological polar surface area (TPSA) is 145 Å². The Labute approximate surface area is 224 Å². The summed E-state index contributed by atoms with van der Waals surface area (Å²) in [5.74, 6) is -0.256. The van der Waals surface area contributed by atoms with Crippen LogP contribution < -0.4 is 15.4 Å². The first-order valence-corrected chi connectivity index (χ1v) is 11.4. The smallest absolute Gasteiger partial charge is 0.419 e. The minimum atomic E-state index is -1.02. The molecule has 37 heavy (non-hydrogen) atoms. The first kappa shape index (κ1) is 27.3. The molecule has 1 heterocycles. The van der Waals surface area contributed by atoms with Crippen molar-refractivity contribution in [3.05, 3.63) is 89.2 Å². The van der Waals surface area contributed by atoms with Crippen LogP contribution in [0.2, 0.25) is 0 Å². The molecule has 5 N–H and O–H groups in total. The Kier molecular flexibility index (Phi) is 8.59. The first-order chi connectivity index (χ1) is 17.2. The molecule has 0 aliphatic heterocycles. The summed E-state index contributed by atoms with van der Waals surface area (Å²) in [7, 11) is 0. The van der Waals surface area contributed by atoms with Gasteiger partial charge in [0.1, 0.15) is 17.4 Å². The average Bonchev–Trinajstić information content (AvgIpc) is 3.31. The molecule has 4 rings (SSSR count). The van der Waals surface area contributed by atoms with Crippen molar-refractivity contribution in [1.29, 1.82) is 5.41 Å². The van der Waals surface area contributed by atoms with Gasteiger partial charge in [-0.05, 0) is 36.8 Å². The number of H-pyrrole nitrogens is 1. The van der Waals surface area contributed by atoms with Crippen molar-refractivity contribution in [3.8, 4) is 5.75 Å². The molecule has 0 unspecified atom stereocenters. The number of imidazole rings is 1. The fraction of sp³-hybridized carbons (Fsp3) is 0.115. The highest BCUT2D eigenvalue weighted by Gasteiger charge is 2.21. The summed E-state index contributed by atoms with van der Waals surface area (Å²) in [6.45, 7) is 1.74. The number of nitrogens with one attached hydrogen (secondary N) is 2. The van der Waals surface area contributed by atoms with E-state index in [0.29, 0.717) is 38.8 Å². The van der Waals surface area contributed by atoms with E-state index < -0.39 is 12.1 Å². The van der Waals surface area contributed by atoms with E-state index in [4.69, 9.17) is 33.2 Å². The van der Waals surface area contributed by atoms with Crippen LogP contribution in [0, 0.1) is 12.3 Å². The number of halogens is 1. The fourth-order valence-corrected chi connectivity index (χ4v) is 3.87. The van der Waals surface area contributed by atoms with E-state index in [1.807, 2.05) is 0 Å². The highest BCUT2D eigenvalue weighted by molar-refractivity contribution is 7.81. The monoisotopic (exact) mass is 537 g/mol. The predicted octanol–water partition coefficient (Wildman–Crippen LogP) is 4.82. The number of nitrogen functional groups attached to an aromatic ring is 1. The second kappa shape index (κ2) is 11.6. The third-order valence-electron chi connectivity index (χ3n) is 5.57. The largest absolute Gasteiger partial charge is 0.481 e. The lowest BCUT2D eigenvalue weighted by Gasteiger charge is -2.22. The van der Waals surface area contributed by atoms with E-state index in [1.165, 1.54) is 4.90 Å². The molecule has 0 radical (unpaired) electrons. The van der Waals surface area contributed by atoms with Gasteiger partial charge in [0.15, 0.2) is 0 Å². The van der Waals surface area contributed by atoms with Gasteiger partial charge in [0.2, 0.25) is 0 Å². The summed E-state index contributed by atoms with van der Waals surface area (Å²) in [6.07, 6.45) is -0.919. The number of thiocarbonyl (C=S) groups is 1. The Morgan fingerprint density at radius 2 is 1.73 bits per heavy atom. The molecule has 11 heteroatoms. The van der Waals surface area contributed by atoms with Gasteiger partial charge in [-0.1, -0.05) is 54.7 Å². The van der Waals surface area contributed by atoms with Crippen molar-refractivity contribution in [2.45, 2.75) is 13.3 Å². The maximum absolute atomic E-state index is 13.0. The maximum atomic E-state index is 13.0. The molecule has 1 amide bonds. The van der Waals surface area contributed by atoms with E-state index in [1.54, 1.807) is 73.7 Å². The standard InChI is InChI=1S/C26H23N5O4S.ClH/c1-15-20(35-26(34)31(14-13-21(32)33)18-5-3-2-4-6-18)12-11-19-22(15)30-25(29-19)23(36)16-7-9-17(10-8-16)24(27)28;/h2-12H,13-14H2,1H3,(H3,27,28)(H,29,30)(H,32,33);1H. The molecule has 4 aromatic rings. The number of nitrogens with zero attached hydrogens (tertiary/aromatic N) is 2. The Balaban J connectivity index is 0.00000380.